The van der Waals surface area contributed by atoms with Crippen molar-refractivity contribution < 1.29 is 13.5 Å². The molecule has 0 bridgehead atoms. The minimum absolute atomic E-state index is 0.0911. The number of nitrogens with one attached hydrogen (secondary N) is 1. The molecule has 128 valence electrons. The van der Waals surface area contributed by atoms with E-state index in [0.29, 0.717) is 30.6 Å². The predicted octanol–water partition coefficient (Wildman–Crippen LogP) is 3.24. The molecule has 0 unspecified atom stereocenters. The van der Waals surface area contributed by atoms with Crippen molar-refractivity contribution in [3.8, 4) is 11.1 Å². The zero-order valence-electron chi connectivity index (χ0n) is 13.8. The second-order valence-corrected chi connectivity index (χ2v) is 8.16. The molecule has 0 aliphatic heterocycles. The third-order valence-corrected chi connectivity index (χ3v) is 6.27. The zero-order valence-corrected chi connectivity index (χ0v) is 14.6. The smallest absolute Gasteiger partial charge is 0.241 e. The number of hydrogen-bond donors (Lipinski definition) is 2. The van der Waals surface area contributed by atoms with Gasteiger partial charge >= 0.3 is 0 Å². The van der Waals surface area contributed by atoms with Gasteiger partial charge in [-0.05, 0) is 55.4 Å². The largest absolute Gasteiger partial charge is 0.393 e. The van der Waals surface area contributed by atoms with E-state index in [2.05, 4.69) is 4.72 Å². The summed E-state index contributed by atoms with van der Waals surface area (Å²) in [4.78, 5) is 0.327. The van der Waals surface area contributed by atoms with Gasteiger partial charge in [-0.25, -0.2) is 13.1 Å². The quantitative estimate of drug-likeness (QED) is 0.894. The van der Waals surface area contributed by atoms with Gasteiger partial charge in [-0.2, -0.15) is 0 Å². The summed E-state index contributed by atoms with van der Waals surface area (Å²) in [6.07, 6.45) is 2.37. The molecular weight excluding hydrogens is 322 g/mol. The SMILES string of the molecule is Cc1cc(-c2ccccc2)ccc1S(=O)(=O)NC1CCC(O)CC1. The molecule has 2 N–H and O–H groups in total. The maximum atomic E-state index is 12.7. The van der Waals surface area contributed by atoms with Crippen LogP contribution in [0.15, 0.2) is 53.4 Å². The molecule has 0 amide bonds. The Kier molecular flexibility index (Phi) is 5.04. The van der Waals surface area contributed by atoms with Crippen LogP contribution in [-0.4, -0.2) is 25.7 Å². The first kappa shape index (κ1) is 17.1. The van der Waals surface area contributed by atoms with Gasteiger partial charge in [-0.15, -0.1) is 0 Å². The Morgan fingerprint density at radius 2 is 1.62 bits per heavy atom. The van der Waals surface area contributed by atoms with Gasteiger partial charge in [0.15, 0.2) is 0 Å². The third kappa shape index (κ3) is 3.86. The standard InChI is InChI=1S/C19H23NO3S/c1-14-13-16(15-5-3-2-4-6-15)7-12-19(14)24(22,23)20-17-8-10-18(21)11-9-17/h2-7,12-13,17-18,20-21H,8-11H2,1H3. The van der Waals surface area contributed by atoms with E-state index in [9.17, 15) is 13.5 Å². The van der Waals surface area contributed by atoms with E-state index in [0.717, 1.165) is 16.7 Å². The minimum atomic E-state index is -3.54. The number of aryl methyl sites for hydroxylation is 1. The summed E-state index contributed by atoms with van der Waals surface area (Å²) in [5, 5.41) is 9.55. The van der Waals surface area contributed by atoms with E-state index in [1.54, 1.807) is 6.07 Å². The molecule has 0 spiro atoms. The number of benzene rings is 2. The van der Waals surface area contributed by atoms with Gasteiger partial charge in [0.1, 0.15) is 0 Å². The zero-order chi connectivity index (χ0) is 17.2. The highest BCUT2D eigenvalue weighted by Crippen LogP contribution is 2.26. The number of rotatable bonds is 4. The van der Waals surface area contributed by atoms with Crippen molar-refractivity contribution in [2.75, 3.05) is 0 Å². The van der Waals surface area contributed by atoms with Crippen LogP contribution in [0.4, 0.5) is 0 Å². The Morgan fingerprint density at radius 1 is 0.958 bits per heavy atom. The molecule has 2 aromatic carbocycles. The lowest BCUT2D eigenvalue weighted by molar-refractivity contribution is 0.120. The number of sulfonamides is 1. The Balaban J connectivity index is 1.81. The van der Waals surface area contributed by atoms with Crippen LogP contribution in [0.25, 0.3) is 11.1 Å². The summed E-state index contributed by atoms with van der Waals surface area (Å²) in [7, 11) is -3.54. The summed E-state index contributed by atoms with van der Waals surface area (Å²) in [5.74, 6) is 0. The van der Waals surface area contributed by atoms with Crippen LogP contribution in [0.1, 0.15) is 31.2 Å². The molecule has 24 heavy (non-hydrogen) atoms. The molecule has 0 aromatic heterocycles. The van der Waals surface area contributed by atoms with Gasteiger partial charge in [-0.3, -0.25) is 0 Å². The van der Waals surface area contributed by atoms with Crippen LogP contribution >= 0.6 is 0 Å². The van der Waals surface area contributed by atoms with Crippen molar-refractivity contribution in [2.45, 2.75) is 49.6 Å². The third-order valence-electron chi connectivity index (χ3n) is 4.59. The molecule has 1 aliphatic carbocycles. The molecule has 3 rings (SSSR count). The van der Waals surface area contributed by atoms with Crippen LogP contribution in [0.5, 0.6) is 0 Å². The molecular formula is C19H23NO3S. The highest BCUT2D eigenvalue weighted by atomic mass is 32.2. The molecule has 2 aromatic rings. The lowest BCUT2D eigenvalue weighted by Gasteiger charge is -2.26. The van der Waals surface area contributed by atoms with Crippen molar-refractivity contribution >= 4 is 10.0 Å². The van der Waals surface area contributed by atoms with E-state index in [-0.39, 0.29) is 12.1 Å². The van der Waals surface area contributed by atoms with E-state index in [4.69, 9.17) is 0 Å². The summed E-state index contributed by atoms with van der Waals surface area (Å²) in [5.41, 5.74) is 2.81. The van der Waals surface area contributed by atoms with Crippen LogP contribution in [0.3, 0.4) is 0 Å². The van der Waals surface area contributed by atoms with E-state index >= 15 is 0 Å². The average molecular weight is 345 g/mol. The molecule has 4 nitrogen and oxygen atoms in total. The van der Waals surface area contributed by atoms with Crippen molar-refractivity contribution in [3.63, 3.8) is 0 Å². The Bertz CT molecular complexity index is 795. The monoisotopic (exact) mass is 345 g/mol. The second-order valence-electron chi connectivity index (χ2n) is 6.47. The fourth-order valence-electron chi connectivity index (χ4n) is 3.24. The first-order chi connectivity index (χ1) is 11.5. The van der Waals surface area contributed by atoms with Gasteiger partial charge < -0.3 is 5.11 Å². The lowest BCUT2D eigenvalue weighted by atomic mass is 9.94. The summed E-state index contributed by atoms with van der Waals surface area (Å²) in [6, 6.07) is 15.3. The maximum absolute atomic E-state index is 12.7. The first-order valence-electron chi connectivity index (χ1n) is 8.32. The number of aliphatic hydroxyl groups excluding tert-OH is 1. The Morgan fingerprint density at radius 3 is 2.25 bits per heavy atom. The average Bonchev–Trinajstić information content (AvgIpc) is 2.57. The minimum Gasteiger partial charge on any atom is -0.393 e. The molecule has 0 radical (unpaired) electrons. The Hall–Kier alpha value is -1.69. The maximum Gasteiger partial charge on any atom is 0.241 e. The second kappa shape index (κ2) is 7.05. The van der Waals surface area contributed by atoms with Crippen molar-refractivity contribution in [3.05, 3.63) is 54.1 Å². The van der Waals surface area contributed by atoms with E-state index in [1.165, 1.54) is 0 Å². The van der Waals surface area contributed by atoms with Gasteiger partial charge in [0.2, 0.25) is 10.0 Å². The normalized spacial score (nSPS) is 21.6. The van der Waals surface area contributed by atoms with Crippen LogP contribution in [-0.2, 0) is 10.0 Å². The summed E-state index contributed by atoms with van der Waals surface area (Å²) in [6.45, 7) is 1.83. The summed E-state index contributed by atoms with van der Waals surface area (Å²) >= 11 is 0. The number of hydrogen-bond acceptors (Lipinski definition) is 3. The highest BCUT2D eigenvalue weighted by molar-refractivity contribution is 7.89. The van der Waals surface area contributed by atoms with Gasteiger partial charge in [-0.1, -0.05) is 42.5 Å². The molecule has 1 aliphatic rings. The van der Waals surface area contributed by atoms with Crippen molar-refractivity contribution in [1.29, 1.82) is 0 Å². The molecule has 5 heteroatoms. The van der Waals surface area contributed by atoms with Crippen LogP contribution in [0, 0.1) is 6.92 Å². The Labute approximate surface area is 143 Å². The molecule has 0 atom stereocenters. The fourth-order valence-corrected chi connectivity index (χ4v) is 4.77. The molecule has 0 heterocycles. The predicted molar refractivity (Wildman–Crippen MR) is 95.2 cm³/mol. The van der Waals surface area contributed by atoms with Gasteiger partial charge in [0, 0.05) is 6.04 Å². The number of aliphatic hydroxyl groups is 1. The summed E-state index contributed by atoms with van der Waals surface area (Å²) < 4.78 is 28.1. The van der Waals surface area contributed by atoms with Crippen LogP contribution < -0.4 is 4.72 Å². The van der Waals surface area contributed by atoms with E-state index < -0.39 is 10.0 Å². The molecule has 1 saturated carbocycles. The molecule has 0 saturated heterocycles. The first-order valence-corrected chi connectivity index (χ1v) is 9.80. The fraction of sp³-hybridized carbons (Fsp3) is 0.368. The van der Waals surface area contributed by atoms with Crippen molar-refractivity contribution in [1.82, 2.24) is 4.72 Å². The van der Waals surface area contributed by atoms with Crippen LogP contribution in [0.2, 0.25) is 0 Å². The van der Waals surface area contributed by atoms with Gasteiger partial charge in [0.05, 0.1) is 11.0 Å². The van der Waals surface area contributed by atoms with Crippen molar-refractivity contribution in [2.24, 2.45) is 0 Å². The molecule has 1 fully saturated rings. The topological polar surface area (TPSA) is 66.4 Å². The van der Waals surface area contributed by atoms with Gasteiger partial charge in [0.25, 0.3) is 0 Å². The highest BCUT2D eigenvalue weighted by Gasteiger charge is 2.25. The lowest BCUT2D eigenvalue weighted by Crippen LogP contribution is -2.38. The van der Waals surface area contributed by atoms with E-state index in [1.807, 2.05) is 49.4 Å².